The van der Waals surface area contributed by atoms with E-state index in [9.17, 15) is 14.7 Å². The molecule has 0 aromatic heterocycles. The molecule has 3 atom stereocenters. The molecule has 110 valence electrons. The lowest BCUT2D eigenvalue weighted by Gasteiger charge is -2.30. The second-order valence-corrected chi connectivity index (χ2v) is 5.66. The van der Waals surface area contributed by atoms with Crippen molar-refractivity contribution in [2.75, 3.05) is 0 Å². The molecule has 1 rings (SSSR count). The molecule has 1 aliphatic rings. The molecule has 1 aliphatic carbocycles. The molecule has 6 nitrogen and oxygen atoms in total. The average molecular weight is 271 g/mol. The molecule has 3 amide bonds. The van der Waals surface area contributed by atoms with Crippen molar-refractivity contribution in [1.82, 2.24) is 10.6 Å². The van der Waals surface area contributed by atoms with Gasteiger partial charge in [0, 0.05) is 0 Å². The Hall–Kier alpha value is -1.30. The lowest BCUT2D eigenvalue weighted by Crippen LogP contribution is -2.54. The summed E-state index contributed by atoms with van der Waals surface area (Å²) in [6.45, 7) is 3.94. The number of carbonyl (C=O) groups excluding carboxylic acids is 2. The molecule has 0 spiro atoms. The van der Waals surface area contributed by atoms with Crippen LogP contribution < -0.4 is 16.4 Å². The van der Waals surface area contributed by atoms with Gasteiger partial charge in [0.2, 0.25) is 5.91 Å². The zero-order valence-electron chi connectivity index (χ0n) is 11.7. The fraction of sp³-hybridized carbons (Fsp3) is 0.846. The van der Waals surface area contributed by atoms with Gasteiger partial charge in [0.05, 0.1) is 12.1 Å². The van der Waals surface area contributed by atoms with Crippen molar-refractivity contribution in [2.45, 2.75) is 64.1 Å². The average Bonchev–Trinajstić information content (AvgIpc) is 2.30. The molecule has 0 aliphatic heterocycles. The van der Waals surface area contributed by atoms with Gasteiger partial charge in [-0.25, -0.2) is 4.79 Å². The predicted octanol–water partition coefficient (Wildman–Crippen LogP) is 0.489. The first-order chi connectivity index (χ1) is 8.90. The monoisotopic (exact) mass is 271 g/mol. The number of aliphatic hydroxyl groups excluding tert-OH is 1. The molecule has 19 heavy (non-hydrogen) atoms. The third kappa shape index (κ3) is 5.46. The maximum atomic E-state index is 12.1. The standard InChI is InChI=1S/C13H25N3O3/c1-8(2)7-10(16-13(14)19)12(18)15-9-5-3-4-6-11(9)17/h8-11,17H,3-7H2,1-2H3,(H,15,18)(H3,14,16,19)/t9-,10?,11-/m1/s1. The smallest absolute Gasteiger partial charge is 0.312 e. The number of nitrogens with one attached hydrogen (secondary N) is 2. The van der Waals surface area contributed by atoms with E-state index in [0.717, 1.165) is 19.3 Å². The van der Waals surface area contributed by atoms with E-state index >= 15 is 0 Å². The topological polar surface area (TPSA) is 104 Å². The Morgan fingerprint density at radius 2 is 1.95 bits per heavy atom. The summed E-state index contributed by atoms with van der Waals surface area (Å²) in [6, 6.07) is -1.55. The normalized spacial score (nSPS) is 24.8. The number of urea groups is 1. The minimum Gasteiger partial charge on any atom is -0.391 e. The molecule has 0 radical (unpaired) electrons. The van der Waals surface area contributed by atoms with Gasteiger partial charge in [-0.2, -0.15) is 0 Å². The highest BCUT2D eigenvalue weighted by Crippen LogP contribution is 2.18. The minimum absolute atomic E-state index is 0.217. The predicted molar refractivity (Wildman–Crippen MR) is 72.4 cm³/mol. The maximum Gasteiger partial charge on any atom is 0.312 e. The number of aliphatic hydroxyl groups is 1. The number of hydrogen-bond donors (Lipinski definition) is 4. The highest BCUT2D eigenvalue weighted by atomic mass is 16.3. The van der Waals surface area contributed by atoms with E-state index in [4.69, 9.17) is 5.73 Å². The molecular formula is C13H25N3O3. The second-order valence-electron chi connectivity index (χ2n) is 5.66. The van der Waals surface area contributed by atoms with Crippen LogP contribution in [0.3, 0.4) is 0 Å². The molecule has 1 unspecified atom stereocenters. The molecule has 0 aromatic carbocycles. The largest absolute Gasteiger partial charge is 0.391 e. The number of hydrogen-bond acceptors (Lipinski definition) is 3. The fourth-order valence-electron chi connectivity index (χ4n) is 2.44. The van der Waals surface area contributed by atoms with E-state index in [0.29, 0.717) is 12.8 Å². The quantitative estimate of drug-likeness (QED) is 0.585. The number of nitrogens with two attached hydrogens (primary N) is 1. The highest BCUT2D eigenvalue weighted by Gasteiger charge is 2.28. The van der Waals surface area contributed by atoms with E-state index in [2.05, 4.69) is 10.6 Å². The first-order valence-corrected chi connectivity index (χ1v) is 6.94. The Kier molecular flexibility index (Phi) is 6.08. The van der Waals surface area contributed by atoms with Crippen LogP contribution in [0.1, 0.15) is 46.0 Å². The van der Waals surface area contributed by atoms with Crippen LogP contribution in [0, 0.1) is 5.92 Å². The van der Waals surface area contributed by atoms with E-state index in [-0.39, 0.29) is 17.9 Å². The lowest BCUT2D eigenvalue weighted by molar-refractivity contribution is -0.125. The molecule has 5 N–H and O–H groups in total. The summed E-state index contributed by atoms with van der Waals surface area (Å²) >= 11 is 0. The Morgan fingerprint density at radius 1 is 1.32 bits per heavy atom. The summed E-state index contributed by atoms with van der Waals surface area (Å²) < 4.78 is 0. The Balaban J connectivity index is 2.57. The van der Waals surface area contributed by atoms with E-state index < -0.39 is 18.2 Å². The van der Waals surface area contributed by atoms with Crippen molar-refractivity contribution in [2.24, 2.45) is 11.7 Å². The van der Waals surface area contributed by atoms with Crippen LogP contribution in [-0.4, -0.2) is 35.2 Å². The van der Waals surface area contributed by atoms with Gasteiger partial charge in [0.25, 0.3) is 0 Å². The summed E-state index contributed by atoms with van der Waals surface area (Å²) in [6.07, 6.45) is 3.51. The van der Waals surface area contributed by atoms with Crippen molar-refractivity contribution in [3.8, 4) is 0 Å². The van der Waals surface area contributed by atoms with Crippen molar-refractivity contribution in [3.63, 3.8) is 0 Å². The Labute approximate surface area is 114 Å². The first kappa shape index (κ1) is 15.8. The van der Waals surface area contributed by atoms with Crippen molar-refractivity contribution < 1.29 is 14.7 Å². The highest BCUT2D eigenvalue weighted by molar-refractivity contribution is 5.86. The van der Waals surface area contributed by atoms with Crippen LogP contribution in [0.4, 0.5) is 4.79 Å². The van der Waals surface area contributed by atoms with Crippen LogP contribution in [-0.2, 0) is 4.79 Å². The molecule has 6 heteroatoms. The van der Waals surface area contributed by atoms with Crippen molar-refractivity contribution in [1.29, 1.82) is 0 Å². The lowest BCUT2D eigenvalue weighted by atomic mass is 9.92. The third-order valence-corrected chi connectivity index (χ3v) is 3.40. The van der Waals surface area contributed by atoms with Crippen LogP contribution in [0.5, 0.6) is 0 Å². The zero-order chi connectivity index (χ0) is 14.4. The number of primary amides is 1. The number of rotatable bonds is 5. The van der Waals surface area contributed by atoms with Gasteiger partial charge in [0.15, 0.2) is 0 Å². The van der Waals surface area contributed by atoms with Gasteiger partial charge in [0.1, 0.15) is 6.04 Å². The maximum absolute atomic E-state index is 12.1. The minimum atomic E-state index is -0.704. The fourth-order valence-corrected chi connectivity index (χ4v) is 2.44. The number of amides is 3. The summed E-state index contributed by atoms with van der Waals surface area (Å²) in [5.74, 6) is -0.00247. The van der Waals surface area contributed by atoms with Gasteiger partial charge < -0.3 is 21.5 Å². The summed E-state index contributed by atoms with van der Waals surface area (Å²) in [7, 11) is 0. The Morgan fingerprint density at radius 3 is 2.47 bits per heavy atom. The van der Waals surface area contributed by atoms with Crippen LogP contribution in [0.25, 0.3) is 0 Å². The number of carbonyl (C=O) groups is 2. The van der Waals surface area contributed by atoms with Gasteiger partial charge in [-0.05, 0) is 25.2 Å². The van der Waals surface area contributed by atoms with E-state index in [1.807, 2.05) is 13.8 Å². The van der Waals surface area contributed by atoms with E-state index in [1.165, 1.54) is 0 Å². The van der Waals surface area contributed by atoms with Gasteiger partial charge in [-0.1, -0.05) is 26.7 Å². The molecule has 0 saturated heterocycles. The zero-order valence-corrected chi connectivity index (χ0v) is 11.7. The second kappa shape index (κ2) is 7.33. The molecule has 1 fully saturated rings. The van der Waals surface area contributed by atoms with Crippen LogP contribution >= 0.6 is 0 Å². The Bertz CT molecular complexity index is 320. The third-order valence-electron chi connectivity index (χ3n) is 3.40. The van der Waals surface area contributed by atoms with E-state index in [1.54, 1.807) is 0 Å². The summed E-state index contributed by atoms with van der Waals surface area (Å²) in [5, 5.41) is 15.1. The summed E-state index contributed by atoms with van der Waals surface area (Å²) in [4.78, 5) is 23.1. The van der Waals surface area contributed by atoms with Crippen LogP contribution in [0.2, 0.25) is 0 Å². The van der Waals surface area contributed by atoms with Crippen LogP contribution in [0.15, 0.2) is 0 Å². The molecule has 1 saturated carbocycles. The first-order valence-electron chi connectivity index (χ1n) is 6.94. The SMILES string of the molecule is CC(C)CC(NC(N)=O)C(=O)N[C@@H]1CCCC[C@H]1O. The van der Waals surface area contributed by atoms with Gasteiger partial charge in [-0.3, -0.25) is 4.79 Å². The van der Waals surface area contributed by atoms with Gasteiger partial charge in [-0.15, -0.1) is 0 Å². The molecule has 0 bridgehead atoms. The molecule has 0 aromatic rings. The van der Waals surface area contributed by atoms with Crippen molar-refractivity contribution >= 4 is 11.9 Å². The molecule has 0 heterocycles. The van der Waals surface area contributed by atoms with Gasteiger partial charge >= 0.3 is 6.03 Å². The molecular weight excluding hydrogens is 246 g/mol. The van der Waals surface area contributed by atoms with Crippen molar-refractivity contribution in [3.05, 3.63) is 0 Å². The summed E-state index contributed by atoms with van der Waals surface area (Å²) in [5.41, 5.74) is 5.09.